The Kier molecular flexibility index (Phi) is 9.30. The van der Waals surface area contributed by atoms with Crippen molar-refractivity contribution >= 4 is 29.4 Å². The van der Waals surface area contributed by atoms with Crippen molar-refractivity contribution < 1.29 is 9.59 Å². The fourth-order valence-corrected chi connectivity index (χ4v) is 4.87. The molecule has 1 aromatic rings. The van der Waals surface area contributed by atoms with Gasteiger partial charge < -0.3 is 15.1 Å². The van der Waals surface area contributed by atoms with Crippen molar-refractivity contribution in [3.8, 4) is 0 Å². The molecule has 1 aliphatic carbocycles. The van der Waals surface area contributed by atoms with Gasteiger partial charge in [0.05, 0.1) is 5.56 Å². The minimum Gasteiger partial charge on any atom is -0.353 e. The number of rotatable bonds is 9. The SMILES string of the molecule is CCSCCNC(=O)c1ccc(N2CCN(C(=O)CCC3CCCCC3)CC2)nc1. The zero-order valence-electron chi connectivity index (χ0n) is 18.3. The number of carbonyl (C=O) groups excluding carboxylic acids is 2. The lowest BCUT2D eigenvalue weighted by molar-refractivity contribution is -0.131. The Labute approximate surface area is 185 Å². The van der Waals surface area contributed by atoms with Gasteiger partial charge >= 0.3 is 0 Å². The van der Waals surface area contributed by atoms with E-state index < -0.39 is 0 Å². The first-order chi connectivity index (χ1) is 14.7. The summed E-state index contributed by atoms with van der Waals surface area (Å²) in [5, 5.41) is 2.93. The average molecular weight is 433 g/mol. The van der Waals surface area contributed by atoms with Crippen LogP contribution in [-0.2, 0) is 4.79 Å². The van der Waals surface area contributed by atoms with Crippen LogP contribution in [-0.4, -0.2) is 65.9 Å². The molecule has 1 saturated carbocycles. The highest BCUT2D eigenvalue weighted by Gasteiger charge is 2.23. The fraction of sp³-hybridized carbons (Fsp3) is 0.696. The van der Waals surface area contributed by atoms with Gasteiger partial charge in [-0.2, -0.15) is 11.8 Å². The molecule has 7 heteroatoms. The van der Waals surface area contributed by atoms with Crippen LogP contribution in [0.3, 0.4) is 0 Å². The number of amides is 2. The molecular formula is C23H36N4O2S. The standard InChI is InChI=1S/C23H36N4O2S/c1-2-30-17-12-24-23(29)20-9-10-21(25-18-20)26-13-15-27(16-14-26)22(28)11-8-19-6-4-3-5-7-19/h9-10,18-19H,2-8,11-17H2,1H3,(H,24,29). The van der Waals surface area contributed by atoms with Gasteiger partial charge in [-0.3, -0.25) is 9.59 Å². The minimum absolute atomic E-state index is 0.0702. The monoisotopic (exact) mass is 432 g/mol. The molecule has 2 heterocycles. The molecule has 0 spiro atoms. The summed E-state index contributed by atoms with van der Waals surface area (Å²) in [5.74, 6) is 3.86. The van der Waals surface area contributed by atoms with E-state index in [9.17, 15) is 9.59 Å². The topological polar surface area (TPSA) is 65.5 Å². The van der Waals surface area contributed by atoms with Crippen LogP contribution in [0.2, 0.25) is 0 Å². The maximum absolute atomic E-state index is 12.6. The van der Waals surface area contributed by atoms with E-state index in [-0.39, 0.29) is 5.91 Å². The molecule has 3 rings (SSSR count). The van der Waals surface area contributed by atoms with Crippen molar-refractivity contribution in [2.75, 3.05) is 49.1 Å². The van der Waals surface area contributed by atoms with Crippen molar-refractivity contribution in [2.24, 2.45) is 5.92 Å². The van der Waals surface area contributed by atoms with Crippen LogP contribution < -0.4 is 10.2 Å². The minimum atomic E-state index is -0.0702. The third-order valence-electron chi connectivity index (χ3n) is 6.19. The Morgan fingerprint density at radius 3 is 2.57 bits per heavy atom. The van der Waals surface area contributed by atoms with Crippen LogP contribution in [0.5, 0.6) is 0 Å². The molecule has 1 aliphatic heterocycles. The van der Waals surface area contributed by atoms with Crippen LogP contribution >= 0.6 is 11.8 Å². The number of carbonyl (C=O) groups is 2. The van der Waals surface area contributed by atoms with Gasteiger partial charge in [0.2, 0.25) is 5.91 Å². The molecule has 0 aromatic carbocycles. The number of hydrogen-bond donors (Lipinski definition) is 1. The number of aromatic nitrogens is 1. The first kappa shape index (κ1) is 22.9. The molecule has 0 unspecified atom stereocenters. The smallest absolute Gasteiger partial charge is 0.252 e. The van der Waals surface area contributed by atoms with Crippen LogP contribution in [0, 0.1) is 5.92 Å². The lowest BCUT2D eigenvalue weighted by atomic mass is 9.86. The van der Waals surface area contributed by atoms with E-state index in [4.69, 9.17) is 0 Å². The number of pyridine rings is 1. The third-order valence-corrected chi connectivity index (χ3v) is 7.09. The van der Waals surface area contributed by atoms with E-state index in [1.807, 2.05) is 28.8 Å². The van der Waals surface area contributed by atoms with Crippen molar-refractivity contribution in [1.82, 2.24) is 15.2 Å². The van der Waals surface area contributed by atoms with E-state index in [0.29, 0.717) is 24.4 Å². The molecular weight excluding hydrogens is 396 g/mol. The molecule has 2 fully saturated rings. The molecule has 2 aliphatic rings. The third kappa shape index (κ3) is 6.89. The van der Waals surface area contributed by atoms with Crippen molar-refractivity contribution in [3.05, 3.63) is 23.9 Å². The van der Waals surface area contributed by atoms with Crippen LogP contribution in [0.25, 0.3) is 0 Å². The van der Waals surface area contributed by atoms with Crippen LogP contribution in [0.15, 0.2) is 18.3 Å². The predicted molar refractivity (Wildman–Crippen MR) is 124 cm³/mol. The van der Waals surface area contributed by atoms with Gasteiger partial charge in [-0.15, -0.1) is 0 Å². The summed E-state index contributed by atoms with van der Waals surface area (Å²) in [7, 11) is 0. The Morgan fingerprint density at radius 1 is 1.13 bits per heavy atom. The highest BCUT2D eigenvalue weighted by atomic mass is 32.2. The van der Waals surface area contributed by atoms with Gasteiger partial charge in [0.1, 0.15) is 5.82 Å². The maximum atomic E-state index is 12.6. The summed E-state index contributed by atoms with van der Waals surface area (Å²) in [6, 6.07) is 3.75. The van der Waals surface area contributed by atoms with E-state index in [0.717, 1.165) is 55.8 Å². The van der Waals surface area contributed by atoms with Gasteiger partial charge in [-0.1, -0.05) is 39.0 Å². The molecule has 1 aromatic heterocycles. The summed E-state index contributed by atoms with van der Waals surface area (Å²) < 4.78 is 0. The predicted octanol–water partition coefficient (Wildman–Crippen LogP) is 3.57. The number of thioether (sulfide) groups is 1. The Balaban J connectivity index is 1.39. The number of anilines is 1. The zero-order chi connectivity index (χ0) is 21.2. The van der Waals surface area contributed by atoms with Crippen molar-refractivity contribution in [3.63, 3.8) is 0 Å². The quantitative estimate of drug-likeness (QED) is 0.604. The normalized spacial score (nSPS) is 17.8. The summed E-state index contributed by atoms with van der Waals surface area (Å²) in [4.78, 5) is 33.4. The number of nitrogens with zero attached hydrogens (tertiary/aromatic N) is 3. The lowest BCUT2D eigenvalue weighted by Gasteiger charge is -2.35. The second-order valence-electron chi connectivity index (χ2n) is 8.27. The van der Waals surface area contributed by atoms with Crippen LogP contribution in [0.4, 0.5) is 5.82 Å². The number of piperazine rings is 1. The summed E-state index contributed by atoms with van der Waals surface area (Å²) in [5.41, 5.74) is 0.594. The van der Waals surface area contributed by atoms with E-state index in [2.05, 4.69) is 22.1 Å². The molecule has 0 radical (unpaired) electrons. The average Bonchev–Trinajstić information content (AvgIpc) is 2.81. The van der Waals surface area contributed by atoms with E-state index in [1.54, 1.807) is 6.20 Å². The van der Waals surface area contributed by atoms with Crippen molar-refractivity contribution in [2.45, 2.75) is 51.9 Å². The summed E-state index contributed by atoms with van der Waals surface area (Å²) in [6.45, 7) is 5.88. The van der Waals surface area contributed by atoms with E-state index in [1.165, 1.54) is 32.1 Å². The molecule has 1 saturated heterocycles. The van der Waals surface area contributed by atoms with Gasteiger partial charge in [0.15, 0.2) is 0 Å². The maximum Gasteiger partial charge on any atom is 0.252 e. The van der Waals surface area contributed by atoms with E-state index >= 15 is 0 Å². The number of hydrogen-bond acceptors (Lipinski definition) is 5. The molecule has 6 nitrogen and oxygen atoms in total. The zero-order valence-corrected chi connectivity index (χ0v) is 19.1. The number of nitrogens with one attached hydrogen (secondary N) is 1. The second kappa shape index (κ2) is 12.2. The molecule has 0 atom stereocenters. The first-order valence-electron chi connectivity index (χ1n) is 11.5. The highest BCUT2D eigenvalue weighted by Crippen LogP contribution is 2.27. The highest BCUT2D eigenvalue weighted by molar-refractivity contribution is 7.99. The van der Waals surface area contributed by atoms with Gasteiger partial charge in [0.25, 0.3) is 5.91 Å². The first-order valence-corrected chi connectivity index (χ1v) is 12.7. The molecule has 0 bridgehead atoms. The Hall–Kier alpha value is -1.76. The summed E-state index contributed by atoms with van der Waals surface area (Å²) in [6.07, 6.45) is 10.1. The molecule has 2 amide bonds. The largest absolute Gasteiger partial charge is 0.353 e. The van der Waals surface area contributed by atoms with Gasteiger partial charge in [-0.05, 0) is 30.2 Å². The molecule has 30 heavy (non-hydrogen) atoms. The Morgan fingerprint density at radius 2 is 1.90 bits per heavy atom. The molecule has 166 valence electrons. The van der Waals surface area contributed by atoms with Gasteiger partial charge in [0, 0.05) is 51.1 Å². The second-order valence-corrected chi connectivity index (χ2v) is 9.66. The van der Waals surface area contributed by atoms with Gasteiger partial charge in [-0.25, -0.2) is 4.98 Å². The Bertz CT molecular complexity index is 668. The lowest BCUT2D eigenvalue weighted by Crippen LogP contribution is -2.49. The fourth-order valence-electron chi connectivity index (χ4n) is 4.34. The molecule has 1 N–H and O–H groups in total. The summed E-state index contributed by atoms with van der Waals surface area (Å²) >= 11 is 1.81. The van der Waals surface area contributed by atoms with Crippen molar-refractivity contribution in [1.29, 1.82) is 0 Å². The van der Waals surface area contributed by atoms with Crippen LogP contribution in [0.1, 0.15) is 62.2 Å².